The first-order chi connectivity index (χ1) is 6.58. The smallest absolute Gasteiger partial charge is 0.205 e. The normalized spacial score (nSPS) is 11.5. The SMILES string of the molecule is Fc1cc2cc(Cl)cc(C(F)F)c2s1. The molecular formula is C9H4ClF3S. The highest BCUT2D eigenvalue weighted by Crippen LogP contribution is 2.35. The van der Waals surface area contributed by atoms with Crippen molar-refractivity contribution in [2.45, 2.75) is 6.43 Å². The standard InChI is InChI=1S/C9H4ClF3S/c10-5-1-4-2-7(11)14-8(4)6(3-5)9(12)13/h1-3,9H. The Labute approximate surface area is 86.9 Å². The highest BCUT2D eigenvalue weighted by atomic mass is 35.5. The second kappa shape index (κ2) is 3.44. The maximum Gasteiger partial charge on any atom is 0.265 e. The van der Waals surface area contributed by atoms with Gasteiger partial charge < -0.3 is 0 Å². The molecule has 0 aliphatic heterocycles. The van der Waals surface area contributed by atoms with Gasteiger partial charge in [-0.05, 0) is 23.6 Å². The number of benzene rings is 1. The molecule has 0 amide bonds. The van der Waals surface area contributed by atoms with Crippen molar-refractivity contribution in [1.82, 2.24) is 0 Å². The second-order valence-electron chi connectivity index (χ2n) is 2.76. The fraction of sp³-hybridized carbons (Fsp3) is 0.111. The van der Waals surface area contributed by atoms with Crippen molar-refractivity contribution in [2.24, 2.45) is 0 Å². The van der Waals surface area contributed by atoms with Crippen LogP contribution in [0, 0.1) is 5.13 Å². The van der Waals surface area contributed by atoms with E-state index >= 15 is 0 Å². The lowest BCUT2D eigenvalue weighted by Gasteiger charge is -2.01. The summed E-state index contributed by atoms with van der Waals surface area (Å²) < 4.78 is 38.1. The number of halogens is 4. The third-order valence-corrected chi connectivity index (χ3v) is 3.02. The van der Waals surface area contributed by atoms with Gasteiger partial charge in [0, 0.05) is 15.3 Å². The van der Waals surface area contributed by atoms with Gasteiger partial charge in [-0.15, -0.1) is 11.3 Å². The number of hydrogen-bond acceptors (Lipinski definition) is 1. The molecule has 0 radical (unpaired) electrons. The quantitative estimate of drug-likeness (QED) is 0.677. The van der Waals surface area contributed by atoms with Crippen molar-refractivity contribution in [3.8, 4) is 0 Å². The molecule has 2 rings (SSSR count). The molecule has 74 valence electrons. The van der Waals surface area contributed by atoms with E-state index in [1.807, 2.05) is 0 Å². The van der Waals surface area contributed by atoms with Crippen LogP contribution >= 0.6 is 22.9 Å². The van der Waals surface area contributed by atoms with E-state index in [1.165, 1.54) is 18.2 Å². The molecule has 0 unspecified atom stereocenters. The van der Waals surface area contributed by atoms with E-state index in [-0.39, 0.29) is 15.3 Å². The largest absolute Gasteiger partial charge is 0.265 e. The lowest BCUT2D eigenvalue weighted by Crippen LogP contribution is -1.83. The van der Waals surface area contributed by atoms with Crippen molar-refractivity contribution in [3.63, 3.8) is 0 Å². The summed E-state index contributed by atoms with van der Waals surface area (Å²) in [7, 11) is 0. The first kappa shape index (κ1) is 9.80. The molecule has 0 nitrogen and oxygen atoms in total. The van der Waals surface area contributed by atoms with Crippen LogP contribution in [0.2, 0.25) is 5.02 Å². The number of hydrogen-bond donors (Lipinski definition) is 0. The minimum atomic E-state index is -2.63. The summed E-state index contributed by atoms with van der Waals surface area (Å²) in [5.41, 5.74) is -0.207. The summed E-state index contributed by atoms with van der Waals surface area (Å²) >= 11 is 6.34. The average molecular weight is 237 g/mol. The third-order valence-electron chi connectivity index (χ3n) is 1.81. The molecular weight excluding hydrogens is 233 g/mol. The summed E-state index contributed by atoms with van der Waals surface area (Å²) in [4.78, 5) is 0. The Balaban J connectivity index is 2.79. The van der Waals surface area contributed by atoms with Crippen molar-refractivity contribution in [3.05, 3.63) is 33.9 Å². The highest BCUT2D eigenvalue weighted by molar-refractivity contribution is 7.17. The van der Waals surface area contributed by atoms with Crippen LogP contribution in [0.15, 0.2) is 18.2 Å². The molecule has 0 aliphatic carbocycles. The molecule has 0 fully saturated rings. The molecule has 1 aromatic heterocycles. The van der Waals surface area contributed by atoms with Gasteiger partial charge in [-0.2, -0.15) is 4.39 Å². The van der Waals surface area contributed by atoms with Gasteiger partial charge in [-0.3, -0.25) is 0 Å². The Hall–Kier alpha value is -0.740. The number of alkyl halides is 2. The van der Waals surface area contributed by atoms with E-state index in [9.17, 15) is 13.2 Å². The van der Waals surface area contributed by atoms with Gasteiger partial charge in [0.2, 0.25) is 0 Å². The molecule has 0 atom stereocenters. The number of thiophene rings is 1. The van der Waals surface area contributed by atoms with Crippen LogP contribution in [0.1, 0.15) is 12.0 Å². The van der Waals surface area contributed by atoms with Crippen molar-refractivity contribution in [1.29, 1.82) is 0 Å². The highest BCUT2D eigenvalue weighted by Gasteiger charge is 2.15. The van der Waals surface area contributed by atoms with Crippen LogP contribution < -0.4 is 0 Å². The maximum atomic E-state index is 12.8. The molecule has 0 N–H and O–H groups in total. The van der Waals surface area contributed by atoms with Gasteiger partial charge in [0.1, 0.15) is 0 Å². The Morgan fingerprint density at radius 3 is 2.57 bits per heavy atom. The van der Waals surface area contributed by atoms with Crippen LogP contribution in [-0.4, -0.2) is 0 Å². The monoisotopic (exact) mass is 236 g/mol. The Morgan fingerprint density at radius 1 is 1.21 bits per heavy atom. The molecule has 1 heterocycles. The summed E-state index contributed by atoms with van der Waals surface area (Å²) in [5, 5.41) is 0.144. The molecule has 0 saturated carbocycles. The number of fused-ring (bicyclic) bond motifs is 1. The molecule has 14 heavy (non-hydrogen) atoms. The van der Waals surface area contributed by atoms with Crippen LogP contribution in [0.5, 0.6) is 0 Å². The van der Waals surface area contributed by atoms with Crippen LogP contribution in [0.25, 0.3) is 10.1 Å². The summed E-state index contributed by atoms with van der Waals surface area (Å²) in [6.07, 6.45) is -2.63. The van der Waals surface area contributed by atoms with E-state index in [2.05, 4.69) is 0 Å². The number of rotatable bonds is 1. The predicted octanol–water partition coefficient (Wildman–Crippen LogP) is 4.63. The van der Waals surface area contributed by atoms with Crippen LogP contribution in [0.3, 0.4) is 0 Å². The fourth-order valence-electron chi connectivity index (χ4n) is 1.27. The maximum absolute atomic E-state index is 12.8. The van der Waals surface area contributed by atoms with E-state index in [0.717, 1.165) is 0 Å². The van der Waals surface area contributed by atoms with Crippen molar-refractivity contribution in [2.75, 3.05) is 0 Å². The molecule has 0 bridgehead atoms. The lowest BCUT2D eigenvalue weighted by molar-refractivity contribution is 0.153. The molecule has 0 spiro atoms. The zero-order chi connectivity index (χ0) is 10.3. The summed E-state index contributed by atoms with van der Waals surface area (Å²) in [6.45, 7) is 0. The molecule has 0 aliphatic rings. The van der Waals surface area contributed by atoms with Gasteiger partial charge in [-0.25, -0.2) is 8.78 Å². The van der Waals surface area contributed by atoms with E-state index in [0.29, 0.717) is 16.7 Å². The predicted molar refractivity (Wildman–Crippen MR) is 51.8 cm³/mol. The molecule has 2 aromatic rings. The van der Waals surface area contributed by atoms with Crippen LogP contribution in [0.4, 0.5) is 13.2 Å². The van der Waals surface area contributed by atoms with Crippen LogP contribution in [-0.2, 0) is 0 Å². The van der Waals surface area contributed by atoms with Crippen molar-refractivity contribution < 1.29 is 13.2 Å². The third kappa shape index (κ3) is 1.60. The van der Waals surface area contributed by atoms with Gasteiger partial charge >= 0.3 is 0 Å². The molecule has 0 saturated heterocycles. The van der Waals surface area contributed by atoms with Gasteiger partial charge in [0.05, 0.1) is 0 Å². The van der Waals surface area contributed by atoms with Gasteiger partial charge in [-0.1, -0.05) is 11.6 Å². The minimum Gasteiger partial charge on any atom is -0.205 e. The zero-order valence-corrected chi connectivity index (χ0v) is 8.30. The molecule has 1 aromatic carbocycles. The minimum absolute atomic E-state index is 0.200. The zero-order valence-electron chi connectivity index (χ0n) is 6.73. The Kier molecular flexibility index (Phi) is 2.41. The average Bonchev–Trinajstić information content (AvgIpc) is 2.42. The topological polar surface area (TPSA) is 0 Å². The van der Waals surface area contributed by atoms with Gasteiger partial charge in [0.15, 0.2) is 5.13 Å². The van der Waals surface area contributed by atoms with E-state index in [1.54, 1.807) is 0 Å². The lowest BCUT2D eigenvalue weighted by atomic mass is 10.2. The Bertz CT molecular complexity index is 478. The first-order valence-corrected chi connectivity index (χ1v) is 4.94. The first-order valence-electron chi connectivity index (χ1n) is 3.74. The fourth-order valence-corrected chi connectivity index (χ4v) is 2.39. The second-order valence-corrected chi connectivity index (χ2v) is 4.20. The van der Waals surface area contributed by atoms with Crippen molar-refractivity contribution >= 4 is 33.0 Å². The molecule has 5 heteroatoms. The van der Waals surface area contributed by atoms with Gasteiger partial charge in [0.25, 0.3) is 6.43 Å². The summed E-state index contributed by atoms with van der Waals surface area (Å²) in [5.74, 6) is 0. The summed E-state index contributed by atoms with van der Waals surface area (Å²) in [6, 6.07) is 3.85. The van der Waals surface area contributed by atoms with E-state index in [4.69, 9.17) is 11.6 Å². The van der Waals surface area contributed by atoms with E-state index < -0.39 is 11.6 Å². The Morgan fingerprint density at radius 2 is 1.93 bits per heavy atom.